The Kier molecular flexibility index (Phi) is 4.41. The fourth-order valence-corrected chi connectivity index (χ4v) is 1.15. The van der Waals surface area contributed by atoms with Crippen LogP contribution in [0.4, 0.5) is 0 Å². The smallest absolute Gasteiger partial charge is 0.243 e. The summed E-state index contributed by atoms with van der Waals surface area (Å²) < 4.78 is 5.07. The Labute approximate surface area is 89.8 Å². The maximum atomic E-state index is 11.1. The number of benzene rings is 1. The number of carbonyl (C=O) groups excluding carboxylic acids is 1. The average molecular weight is 205 g/mol. The minimum atomic E-state index is -0.0830. The van der Waals surface area contributed by atoms with Crippen molar-refractivity contribution in [1.82, 2.24) is 5.32 Å². The van der Waals surface area contributed by atoms with Crippen molar-refractivity contribution in [2.24, 2.45) is 0 Å². The molecule has 0 aliphatic carbocycles. The molecule has 15 heavy (non-hydrogen) atoms. The van der Waals surface area contributed by atoms with Gasteiger partial charge in [-0.2, -0.15) is 0 Å². The van der Waals surface area contributed by atoms with Gasteiger partial charge in [0, 0.05) is 12.6 Å². The third-order valence-electron chi connectivity index (χ3n) is 1.87. The lowest BCUT2D eigenvalue weighted by atomic mass is 10.2. The van der Waals surface area contributed by atoms with Gasteiger partial charge in [-0.1, -0.05) is 12.1 Å². The van der Waals surface area contributed by atoms with Crippen LogP contribution < -0.4 is 10.1 Å². The molecule has 0 saturated heterocycles. The molecule has 0 fully saturated rings. The fraction of sp³-hybridized carbons (Fsp3) is 0.250. The zero-order valence-corrected chi connectivity index (χ0v) is 8.99. The second-order valence-corrected chi connectivity index (χ2v) is 3.00. The van der Waals surface area contributed by atoms with Crippen molar-refractivity contribution in [3.8, 4) is 5.75 Å². The summed E-state index contributed by atoms with van der Waals surface area (Å²) in [5, 5.41) is 2.69. The minimum Gasteiger partial charge on any atom is -0.497 e. The number of methoxy groups -OCH3 is 1. The number of hydrogen-bond donors (Lipinski definition) is 1. The predicted molar refractivity (Wildman–Crippen MR) is 60.7 cm³/mol. The van der Waals surface area contributed by atoms with Gasteiger partial charge in [-0.05, 0) is 30.7 Å². The van der Waals surface area contributed by atoms with E-state index >= 15 is 0 Å². The molecule has 0 aliphatic heterocycles. The molecule has 0 aromatic heterocycles. The summed E-state index contributed by atoms with van der Waals surface area (Å²) in [4.78, 5) is 11.1. The monoisotopic (exact) mass is 205 g/mol. The van der Waals surface area contributed by atoms with Crippen LogP contribution >= 0.6 is 0 Å². The lowest BCUT2D eigenvalue weighted by molar-refractivity contribution is -0.116. The summed E-state index contributed by atoms with van der Waals surface area (Å²) in [5.74, 6) is 0.702. The summed E-state index contributed by atoms with van der Waals surface area (Å²) in [6.45, 7) is 2.53. The number of rotatable bonds is 4. The fourth-order valence-electron chi connectivity index (χ4n) is 1.15. The maximum absolute atomic E-state index is 11.1. The van der Waals surface area contributed by atoms with Crippen molar-refractivity contribution in [2.75, 3.05) is 13.7 Å². The van der Waals surface area contributed by atoms with Crippen LogP contribution in [0.1, 0.15) is 12.5 Å². The molecule has 1 aromatic carbocycles. The molecule has 1 amide bonds. The second-order valence-electron chi connectivity index (χ2n) is 3.00. The van der Waals surface area contributed by atoms with Crippen molar-refractivity contribution in [2.45, 2.75) is 6.92 Å². The van der Waals surface area contributed by atoms with Gasteiger partial charge in [-0.25, -0.2) is 0 Å². The van der Waals surface area contributed by atoms with Crippen LogP contribution in [0.25, 0.3) is 6.08 Å². The molecule has 0 saturated carbocycles. The molecular formula is C12H15NO2. The molecule has 0 atom stereocenters. The van der Waals surface area contributed by atoms with E-state index in [-0.39, 0.29) is 5.91 Å². The van der Waals surface area contributed by atoms with Gasteiger partial charge in [0.2, 0.25) is 5.91 Å². The van der Waals surface area contributed by atoms with Crippen LogP contribution in [-0.4, -0.2) is 19.6 Å². The van der Waals surface area contributed by atoms with Gasteiger partial charge in [-0.15, -0.1) is 0 Å². The number of likely N-dealkylation sites (N-methyl/N-ethyl adjacent to an activating group) is 1. The molecule has 0 bridgehead atoms. The van der Waals surface area contributed by atoms with Crippen LogP contribution in [-0.2, 0) is 4.79 Å². The van der Waals surface area contributed by atoms with Crippen molar-refractivity contribution in [3.63, 3.8) is 0 Å². The number of ether oxygens (including phenoxy) is 1. The van der Waals surface area contributed by atoms with Gasteiger partial charge in [0.05, 0.1) is 7.11 Å². The molecular weight excluding hydrogens is 190 g/mol. The molecule has 0 spiro atoms. The second kappa shape index (κ2) is 5.86. The highest BCUT2D eigenvalue weighted by atomic mass is 16.5. The molecule has 1 rings (SSSR count). The van der Waals surface area contributed by atoms with Crippen LogP contribution in [0.15, 0.2) is 30.3 Å². The Morgan fingerprint density at radius 3 is 3.00 bits per heavy atom. The van der Waals surface area contributed by atoms with Crippen LogP contribution in [0, 0.1) is 0 Å². The number of amides is 1. The third kappa shape index (κ3) is 3.85. The Balaban J connectivity index is 2.67. The first-order valence-corrected chi connectivity index (χ1v) is 4.86. The lowest BCUT2D eigenvalue weighted by Gasteiger charge is -2.00. The van der Waals surface area contributed by atoms with Crippen molar-refractivity contribution in [3.05, 3.63) is 35.9 Å². The summed E-state index contributed by atoms with van der Waals surface area (Å²) >= 11 is 0. The van der Waals surface area contributed by atoms with Crippen LogP contribution in [0.3, 0.4) is 0 Å². The summed E-state index contributed by atoms with van der Waals surface area (Å²) in [7, 11) is 1.62. The zero-order valence-electron chi connectivity index (χ0n) is 8.99. The van der Waals surface area contributed by atoms with Crippen LogP contribution in [0.5, 0.6) is 5.75 Å². The van der Waals surface area contributed by atoms with E-state index in [1.807, 2.05) is 31.2 Å². The van der Waals surface area contributed by atoms with E-state index in [1.165, 1.54) is 6.08 Å². The minimum absolute atomic E-state index is 0.0830. The lowest BCUT2D eigenvalue weighted by Crippen LogP contribution is -2.19. The molecule has 1 N–H and O–H groups in total. The van der Waals surface area contributed by atoms with E-state index in [0.717, 1.165) is 11.3 Å². The average Bonchev–Trinajstić information content (AvgIpc) is 2.27. The van der Waals surface area contributed by atoms with E-state index in [4.69, 9.17) is 4.74 Å². The molecule has 80 valence electrons. The predicted octanol–water partition coefficient (Wildman–Crippen LogP) is 1.84. The van der Waals surface area contributed by atoms with E-state index < -0.39 is 0 Å². The molecule has 3 nitrogen and oxygen atoms in total. The standard InChI is InChI=1S/C12H15NO2/c1-3-13-12(14)8-7-10-5-4-6-11(9-10)15-2/h4-9H,3H2,1-2H3,(H,13,14)/b8-7+. The van der Waals surface area contributed by atoms with Crippen molar-refractivity contribution in [1.29, 1.82) is 0 Å². The summed E-state index contributed by atoms with van der Waals surface area (Å²) in [6.07, 6.45) is 3.27. The largest absolute Gasteiger partial charge is 0.497 e. The van der Waals surface area contributed by atoms with Gasteiger partial charge < -0.3 is 10.1 Å². The highest BCUT2D eigenvalue weighted by molar-refractivity contribution is 5.91. The van der Waals surface area contributed by atoms with Gasteiger partial charge in [0.15, 0.2) is 0 Å². The van der Waals surface area contributed by atoms with Gasteiger partial charge in [0.1, 0.15) is 5.75 Å². The van der Waals surface area contributed by atoms with Crippen molar-refractivity contribution >= 4 is 12.0 Å². The highest BCUT2D eigenvalue weighted by Gasteiger charge is 1.93. The molecule has 1 aromatic rings. The van der Waals surface area contributed by atoms with Crippen molar-refractivity contribution < 1.29 is 9.53 Å². The molecule has 0 radical (unpaired) electrons. The maximum Gasteiger partial charge on any atom is 0.243 e. The van der Waals surface area contributed by atoms with E-state index in [0.29, 0.717) is 6.54 Å². The first kappa shape index (κ1) is 11.3. The summed E-state index contributed by atoms with van der Waals surface area (Å²) in [6, 6.07) is 7.54. The molecule has 0 heterocycles. The van der Waals surface area contributed by atoms with E-state index in [2.05, 4.69) is 5.32 Å². The van der Waals surface area contributed by atoms with Gasteiger partial charge in [0.25, 0.3) is 0 Å². The third-order valence-corrected chi connectivity index (χ3v) is 1.87. The first-order chi connectivity index (χ1) is 7.26. The molecule has 0 aliphatic rings. The molecule has 3 heteroatoms. The first-order valence-electron chi connectivity index (χ1n) is 4.86. The zero-order chi connectivity index (χ0) is 11.1. The molecule has 0 unspecified atom stereocenters. The van der Waals surface area contributed by atoms with Crippen LogP contribution in [0.2, 0.25) is 0 Å². The Morgan fingerprint density at radius 2 is 2.33 bits per heavy atom. The highest BCUT2D eigenvalue weighted by Crippen LogP contribution is 2.13. The Hall–Kier alpha value is -1.77. The Bertz CT molecular complexity index is 358. The van der Waals surface area contributed by atoms with E-state index in [1.54, 1.807) is 13.2 Å². The normalized spacial score (nSPS) is 10.3. The Morgan fingerprint density at radius 1 is 1.53 bits per heavy atom. The number of carbonyl (C=O) groups is 1. The quantitative estimate of drug-likeness (QED) is 0.762. The van der Waals surface area contributed by atoms with Gasteiger partial charge in [-0.3, -0.25) is 4.79 Å². The number of hydrogen-bond acceptors (Lipinski definition) is 2. The summed E-state index contributed by atoms with van der Waals surface area (Å²) in [5.41, 5.74) is 0.945. The van der Waals surface area contributed by atoms with E-state index in [9.17, 15) is 4.79 Å². The topological polar surface area (TPSA) is 38.3 Å². The SMILES string of the molecule is CCNC(=O)/C=C/c1cccc(OC)c1. The number of nitrogens with one attached hydrogen (secondary N) is 1. The van der Waals surface area contributed by atoms with Gasteiger partial charge >= 0.3 is 0 Å².